The molecule has 4 aromatic rings. The molecule has 0 radical (unpaired) electrons. The van der Waals surface area contributed by atoms with Gasteiger partial charge < -0.3 is 19.8 Å². The van der Waals surface area contributed by atoms with Gasteiger partial charge in [-0.2, -0.15) is 0 Å². The number of aromatic nitrogens is 1. The van der Waals surface area contributed by atoms with E-state index in [0.29, 0.717) is 35.3 Å². The van der Waals surface area contributed by atoms with E-state index in [1.807, 2.05) is 66.1 Å². The zero-order chi connectivity index (χ0) is 24.9. The van der Waals surface area contributed by atoms with Crippen molar-refractivity contribution in [2.45, 2.75) is 19.9 Å². The van der Waals surface area contributed by atoms with Crippen LogP contribution in [0.1, 0.15) is 28.5 Å². The number of fused-ring (bicyclic) bond motifs is 1. The number of rotatable bonds is 9. The molecule has 0 aliphatic rings. The molecule has 4 rings (SSSR count). The lowest BCUT2D eigenvalue weighted by Crippen LogP contribution is -2.24. The van der Waals surface area contributed by atoms with Gasteiger partial charge >= 0.3 is 5.97 Å². The van der Waals surface area contributed by atoms with Crippen molar-refractivity contribution in [3.63, 3.8) is 0 Å². The average Bonchev–Trinajstić information content (AvgIpc) is 3.21. The zero-order valence-corrected chi connectivity index (χ0v) is 19.6. The van der Waals surface area contributed by atoms with Gasteiger partial charge in [-0.15, -0.1) is 0 Å². The summed E-state index contributed by atoms with van der Waals surface area (Å²) in [7, 11) is 1.27. The first kappa shape index (κ1) is 23.8. The minimum atomic E-state index is -1.05. The first-order chi connectivity index (χ1) is 17.0. The third kappa shape index (κ3) is 4.66. The van der Waals surface area contributed by atoms with Crippen LogP contribution in [0.15, 0.2) is 72.8 Å². The molecule has 0 aliphatic heterocycles. The fourth-order valence-corrected chi connectivity index (χ4v) is 4.38. The first-order valence-electron chi connectivity index (χ1n) is 11.3. The largest absolute Gasteiger partial charge is 0.481 e. The molecule has 7 nitrogen and oxygen atoms in total. The van der Waals surface area contributed by atoms with Crippen LogP contribution < -0.4 is 10.5 Å². The molecule has 1 heterocycles. The number of nitrogens with two attached hydrogens (primary N) is 1. The van der Waals surface area contributed by atoms with E-state index in [-0.39, 0.29) is 12.2 Å². The Morgan fingerprint density at radius 1 is 0.914 bits per heavy atom. The van der Waals surface area contributed by atoms with Crippen molar-refractivity contribution in [2.75, 3.05) is 13.7 Å². The molecule has 3 aromatic carbocycles. The number of benzene rings is 3. The minimum absolute atomic E-state index is 0.202. The lowest BCUT2D eigenvalue weighted by atomic mass is 9.99. The molecular formula is C28H26N2O5. The second-order valence-electron chi connectivity index (χ2n) is 7.99. The fourth-order valence-electron chi connectivity index (χ4n) is 4.38. The van der Waals surface area contributed by atoms with Gasteiger partial charge in [0.2, 0.25) is 0 Å². The Bertz CT molecular complexity index is 1410. The highest BCUT2D eigenvalue weighted by molar-refractivity contribution is 6.45. The van der Waals surface area contributed by atoms with Gasteiger partial charge in [0.25, 0.3) is 11.7 Å². The number of nitrogens with zero attached hydrogens (tertiary/aromatic N) is 1. The average molecular weight is 471 g/mol. The maximum atomic E-state index is 13.0. The number of ketones is 1. The summed E-state index contributed by atoms with van der Waals surface area (Å²) in [5.41, 5.74) is 10.2. The molecule has 178 valence electrons. The molecule has 0 unspecified atom stereocenters. The summed E-state index contributed by atoms with van der Waals surface area (Å²) < 4.78 is 12.4. The fraction of sp³-hybridized carbons (Fsp3) is 0.179. The van der Waals surface area contributed by atoms with Crippen molar-refractivity contribution in [3.8, 4) is 16.9 Å². The van der Waals surface area contributed by atoms with E-state index in [0.717, 1.165) is 16.7 Å². The molecular weight excluding hydrogens is 444 g/mol. The number of esters is 1. The third-order valence-corrected chi connectivity index (χ3v) is 5.95. The van der Waals surface area contributed by atoms with Gasteiger partial charge in [-0.1, -0.05) is 67.6 Å². The smallest absolute Gasteiger partial charge is 0.343 e. The predicted octanol–water partition coefficient (Wildman–Crippen LogP) is 4.14. The molecule has 0 bridgehead atoms. The quantitative estimate of drug-likeness (QED) is 0.225. The highest BCUT2D eigenvalue weighted by Gasteiger charge is 2.27. The van der Waals surface area contributed by atoms with E-state index in [2.05, 4.69) is 10.8 Å². The molecule has 0 atom stereocenters. The summed E-state index contributed by atoms with van der Waals surface area (Å²) in [6, 6.07) is 23.4. The summed E-state index contributed by atoms with van der Waals surface area (Å²) in [6.07, 6.45) is 0.479. The van der Waals surface area contributed by atoms with Crippen molar-refractivity contribution in [2.24, 2.45) is 5.73 Å². The van der Waals surface area contributed by atoms with Crippen molar-refractivity contribution in [1.29, 1.82) is 0 Å². The van der Waals surface area contributed by atoms with E-state index in [4.69, 9.17) is 10.5 Å². The number of carbonyl (C=O) groups is 3. The molecule has 35 heavy (non-hydrogen) atoms. The van der Waals surface area contributed by atoms with Gasteiger partial charge in [0, 0.05) is 12.2 Å². The molecule has 0 saturated heterocycles. The van der Waals surface area contributed by atoms with Crippen molar-refractivity contribution in [1.82, 2.24) is 4.57 Å². The highest BCUT2D eigenvalue weighted by atomic mass is 16.6. The molecule has 7 heteroatoms. The van der Waals surface area contributed by atoms with Gasteiger partial charge in [-0.25, -0.2) is 4.79 Å². The maximum Gasteiger partial charge on any atom is 0.343 e. The molecule has 0 aliphatic carbocycles. The van der Waals surface area contributed by atoms with Gasteiger partial charge in [0.15, 0.2) is 6.61 Å². The lowest BCUT2D eigenvalue weighted by Gasteiger charge is -2.15. The number of carbonyl (C=O) groups excluding carboxylic acids is 3. The standard InChI is InChI=1S/C28H26N2O5/c1-3-21-26(27(32)28(29)33)25-22(14-9-15-23(25)35-17-24(31)34-2)30(21)16-19-12-7-8-13-20(19)18-10-5-4-6-11-18/h4-15H,3,16-17H2,1-2H3,(H2,29,33). The zero-order valence-electron chi connectivity index (χ0n) is 19.6. The molecule has 0 spiro atoms. The molecule has 0 saturated carbocycles. The van der Waals surface area contributed by atoms with E-state index in [9.17, 15) is 14.4 Å². The lowest BCUT2D eigenvalue weighted by molar-refractivity contribution is -0.142. The van der Waals surface area contributed by atoms with Gasteiger partial charge in [-0.3, -0.25) is 9.59 Å². The maximum absolute atomic E-state index is 13.0. The van der Waals surface area contributed by atoms with Crippen molar-refractivity contribution < 1.29 is 23.9 Å². The number of primary amides is 1. The van der Waals surface area contributed by atoms with Crippen LogP contribution in [0.3, 0.4) is 0 Å². The number of amides is 1. The Labute approximate surface area is 203 Å². The van der Waals surface area contributed by atoms with Crippen LogP contribution in [0.2, 0.25) is 0 Å². The number of hydrogen-bond acceptors (Lipinski definition) is 5. The predicted molar refractivity (Wildman–Crippen MR) is 133 cm³/mol. The van der Waals surface area contributed by atoms with Gasteiger partial charge in [0.1, 0.15) is 5.75 Å². The third-order valence-electron chi connectivity index (χ3n) is 5.95. The number of Topliss-reactive ketones (excluding diaryl/α,β-unsaturated/α-hetero) is 1. The molecule has 0 fully saturated rings. The summed E-state index contributed by atoms with van der Waals surface area (Å²) in [5.74, 6) is -2.10. The number of ether oxygens (including phenoxy) is 2. The van der Waals surface area contributed by atoms with E-state index in [1.54, 1.807) is 12.1 Å². The SMILES string of the molecule is CCc1c(C(=O)C(N)=O)c2c(OCC(=O)OC)cccc2n1Cc1ccccc1-c1ccccc1. The Morgan fingerprint density at radius 3 is 2.31 bits per heavy atom. The van der Waals surface area contributed by atoms with Crippen molar-refractivity contribution >= 4 is 28.6 Å². The second kappa shape index (κ2) is 10.3. The van der Waals surface area contributed by atoms with Gasteiger partial charge in [-0.05, 0) is 35.2 Å². The Kier molecular flexibility index (Phi) is 6.96. The van der Waals surface area contributed by atoms with Crippen molar-refractivity contribution in [3.05, 3.63) is 89.6 Å². The number of hydrogen-bond donors (Lipinski definition) is 1. The van der Waals surface area contributed by atoms with E-state index in [1.165, 1.54) is 7.11 Å². The van der Waals surface area contributed by atoms with Crippen LogP contribution in [0.25, 0.3) is 22.0 Å². The van der Waals surface area contributed by atoms with E-state index >= 15 is 0 Å². The van der Waals surface area contributed by atoms with Crippen LogP contribution >= 0.6 is 0 Å². The minimum Gasteiger partial charge on any atom is -0.481 e. The van der Waals surface area contributed by atoms with Crippen LogP contribution in [-0.4, -0.2) is 35.9 Å². The monoisotopic (exact) mass is 470 g/mol. The topological polar surface area (TPSA) is 101 Å². The molecule has 1 aromatic heterocycles. The number of methoxy groups -OCH3 is 1. The summed E-state index contributed by atoms with van der Waals surface area (Å²) in [4.78, 5) is 36.7. The Morgan fingerprint density at radius 2 is 1.63 bits per heavy atom. The van der Waals surface area contributed by atoms with Crippen LogP contribution in [-0.2, 0) is 27.3 Å². The highest BCUT2D eigenvalue weighted by Crippen LogP contribution is 2.36. The van der Waals surface area contributed by atoms with Crippen LogP contribution in [0.5, 0.6) is 5.75 Å². The second-order valence-corrected chi connectivity index (χ2v) is 7.99. The van der Waals surface area contributed by atoms with Crippen LogP contribution in [0, 0.1) is 0 Å². The van der Waals surface area contributed by atoms with E-state index < -0.39 is 17.7 Å². The normalized spacial score (nSPS) is 10.8. The molecule has 1 amide bonds. The van der Waals surface area contributed by atoms with Crippen LogP contribution in [0.4, 0.5) is 0 Å². The van der Waals surface area contributed by atoms with Gasteiger partial charge in [0.05, 0.1) is 23.6 Å². The summed E-state index contributed by atoms with van der Waals surface area (Å²) in [5, 5.41) is 0.453. The first-order valence-corrected chi connectivity index (χ1v) is 11.3. The Hall–Kier alpha value is -4.39. The Balaban J connectivity index is 1.92. The summed E-state index contributed by atoms with van der Waals surface area (Å²) in [6.45, 7) is 2.04. The molecule has 2 N–H and O–H groups in total. The summed E-state index contributed by atoms with van der Waals surface area (Å²) >= 11 is 0.